The minimum atomic E-state index is -0.257. The van der Waals surface area contributed by atoms with Gasteiger partial charge in [0.15, 0.2) is 5.82 Å². The highest BCUT2D eigenvalue weighted by Crippen LogP contribution is 2.06. The van der Waals surface area contributed by atoms with Crippen LogP contribution >= 0.6 is 11.3 Å². The van der Waals surface area contributed by atoms with Crippen molar-refractivity contribution in [3.63, 3.8) is 0 Å². The Kier molecular flexibility index (Phi) is 3.61. The Morgan fingerprint density at radius 2 is 2.39 bits per heavy atom. The van der Waals surface area contributed by atoms with Crippen molar-refractivity contribution < 1.29 is 4.79 Å². The van der Waals surface area contributed by atoms with Gasteiger partial charge < -0.3 is 5.32 Å². The molecule has 0 aromatic carbocycles. The van der Waals surface area contributed by atoms with E-state index < -0.39 is 0 Å². The van der Waals surface area contributed by atoms with E-state index in [2.05, 4.69) is 15.5 Å². The van der Waals surface area contributed by atoms with Crippen molar-refractivity contribution in [1.29, 1.82) is 0 Å². The molecule has 7 heteroatoms. The molecule has 0 aliphatic heterocycles. The maximum Gasteiger partial charge on any atom is 0.307 e. The van der Waals surface area contributed by atoms with Gasteiger partial charge in [-0.2, -0.15) is 5.10 Å². The van der Waals surface area contributed by atoms with Crippen LogP contribution in [0.5, 0.6) is 0 Å². The van der Waals surface area contributed by atoms with Gasteiger partial charge in [0.05, 0.1) is 0 Å². The van der Waals surface area contributed by atoms with E-state index in [0.717, 1.165) is 29.1 Å². The minimum absolute atomic E-state index is 0.0164. The predicted octanol–water partition coefficient (Wildman–Crippen LogP) is 1.14. The van der Waals surface area contributed by atoms with Crippen LogP contribution in [0.3, 0.4) is 0 Å². The van der Waals surface area contributed by atoms with Crippen LogP contribution in [0.15, 0.2) is 16.2 Å². The number of carbonyl (C=O) groups is 1. The smallest absolute Gasteiger partial charge is 0.307 e. The fraction of sp³-hybridized carbons (Fsp3) is 0.364. The number of nitrogens with zero attached hydrogens (tertiary/aromatic N) is 2. The lowest BCUT2D eigenvalue weighted by molar-refractivity contribution is -0.116. The van der Waals surface area contributed by atoms with Gasteiger partial charge >= 0.3 is 4.87 Å². The molecule has 0 bridgehead atoms. The van der Waals surface area contributed by atoms with Crippen molar-refractivity contribution in [2.24, 2.45) is 0 Å². The Morgan fingerprint density at radius 3 is 2.94 bits per heavy atom. The van der Waals surface area contributed by atoms with Crippen LogP contribution in [-0.2, 0) is 17.8 Å². The fourth-order valence-electron chi connectivity index (χ4n) is 1.53. The number of rotatable bonds is 4. The number of aromatic nitrogens is 3. The maximum absolute atomic E-state index is 11.8. The Bertz CT molecular complexity index is 611. The molecule has 0 spiro atoms. The van der Waals surface area contributed by atoms with Crippen LogP contribution in [0, 0.1) is 6.92 Å². The number of aryl methyl sites for hydroxylation is 2. The molecule has 2 rings (SSSR count). The van der Waals surface area contributed by atoms with E-state index >= 15 is 0 Å². The number of amides is 1. The first-order chi connectivity index (χ1) is 8.60. The Morgan fingerprint density at radius 1 is 1.61 bits per heavy atom. The van der Waals surface area contributed by atoms with Crippen molar-refractivity contribution in [2.75, 3.05) is 5.32 Å². The largest absolute Gasteiger partial charge is 0.308 e. The van der Waals surface area contributed by atoms with Crippen LogP contribution in [0.2, 0.25) is 0 Å². The van der Waals surface area contributed by atoms with E-state index in [-0.39, 0.29) is 17.3 Å². The molecule has 0 aliphatic carbocycles. The van der Waals surface area contributed by atoms with Crippen LogP contribution in [0.4, 0.5) is 5.82 Å². The molecule has 0 saturated carbocycles. The molecule has 1 amide bonds. The molecular formula is C11H14N4O2S. The second-order valence-electron chi connectivity index (χ2n) is 3.91. The summed E-state index contributed by atoms with van der Waals surface area (Å²) in [6, 6.07) is 1.78. The topological polar surface area (TPSA) is 79.8 Å². The molecule has 2 aromatic heterocycles. The summed E-state index contributed by atoms with van der Waals surface area (Å²) in [4.78, 5) is 23.1. The van der Waals surface area contributed by atoms with Gasteiger partial charge in [-0.3, -0.25) is 19.3 Å². The number of hydrogen-bond acceptors (Lipinski definition) is 4. The van der Waals surface area contributed by atoms with Crippen LogP contribution < -0.4 is 10.2 Å². The normalized spacial score (nSPS) is 10.6. The monoisotopic (exact) mass is 266 g/mol. The quantitative estimate of drug-likeness (QED) is 0.871. The molecule has 18 heavy (non-hydrogen) atoms. The van der Waals surface area contributed by atoms with Gasteiger partial charge in [-0.1, -0.05) is 18.3 Å². The van der Waals surface area contributed by atoms with Crippen LogP contribution in [-0.4, -0.2) is 20.7 Å². The summed E-state index contributed by atoms with van der Waals surface area (Å²) in [5.74, 6) is 0.227. The minimum Gasteiger partial charge on any atom is -0.308 e. The molecule has 6 nitrogen and oxygen atoms in total. The van der Waals surface area contributed by atoms with Crippen LogP contribution in [0.25, 0.3) is 0 Å². The molecule has 0 saturated heterocycles. The average Bonchev–Trinajstić information content (AvgIpc) is 2.91. The third-order valence-corrected chi connectivity index (χ3v) is 3.44. The van der Waals surface area contributed by atoms with Gasteiger partial charge in [0.25, 0.3) is 0 Å². The summed E-state index contributed by atoms with van der Waals surface area (Å²) in [5, 5.41) is 11.2. The number of hydrogen-bond donors (Lipinski definition) is 2. The third kappa shape index (κ3) is 2.67. The van der Waals surface area contributed by atoms with Crippen molar-refractivity contribution in [2.45, 2.75) is 26.8 Å². The summed E-state index contributed by atoms with van der Waals surface area (Å²) in [7, 11) is 0. The summed E-state index contributed by atoms with van der Waals surface area (Å²) in [6.07, 6.45) is 0.825. The van der Waals surface area contributed by atoms with Gasteiger partial charge in [0, 0.05) is 22.8 Å². The van der Waals surface area contributed by atoms with Gasteiger partial charge in [-0.25, -0.2) is 0 Å². The summed E-state index contributed by atoms with van der Waals surface area (Å²) >= 11 is 1.09. The molecule has 0 aliphatic rings. The Balaban J connectivity index is 2.03. The molecule has 0 atom stereocenters. The third-order valence-electron chi connectivity index (χ3n) is 2.56. The first kappa shape index (κ1) is 12.6. The summed E-state index contributed by atoms with van der Waals surface area (Å²) in [5.41, 5.74) is 1.74. The van der Waals surface area contributed by atoms with E-state index in [0.29, 0.717) is 5.82 Å². The van der Waals surface area contributed by atoms with Crippen molar-refractivity contribution >= 4 is 23.1 Å². The average molecular weight is 266 g/mol. The number of thiazole rings is 1. The van der Waals surface area contributed by atoms with E-state index in [4.69, 9.17) is 0 Å². The number of nitrogens with one attached hydrogen (secondary N) is 2. The second kappa shape index (κ2) is 5.18. The zero-order valence-corrected chi connectivity index (χ0v) is 11.0. The van der Waals surface area contributed by atoms with Crippen LogP contribution in [0.1, 0.15) is 18.3 Å². The standard InChI is InChI=1S/C11H14N4O2S/c1-3-8-4-9(14-13-8)12-10(16)5-15-7(2)6-18-11(15)17/h4,6H,3,5H2,1-2H3,(H2,12,13,14,16). The highest BCUT2D eigenvalue weighted by atomic mass is 32.1. The van der Waals surface area contributed by atoms with Crippen molar-refractivity contribution in [3.8, 4) is 0 Å². The zero-order valence-electron chi connectivity index (χ0n) is 10.2. The predicted molar refractivity (Wildman–Crippen MR) is 69.9 cm³/mol. The molecule has 0 fully saturated rings. The molecule has 0 unspecified atom stereocenters. The molecule has 2 heterocycles. The Labute approximate surface area is 108 Å². The zero-order chi connectivity index (χ0) is 13.1. The second-order valence-corrected chi connectivity index (χ2v) is 4.73. The molecule has 96 valence electrons. The molecule has 0 radical (unpaired) electrons. The Hall–Kier alpha value is -1.89. The number of aromatic amines is 1. The SMILES string of the molecule is CCc1cc(NC(=O)Cn2c(C)csc2=O)n[nH]1. The molecular weight excluding hydrogens is 252 g/mol. The highest BCUT2D eigenvalue weighted by Gasteiger charge is 2.10. The maximum atomic E-state index is 11.8. The van der Waals surface area contributed by atoms with Gasteiger partial charge in [-0.05, 0) is 13.3 Å². The summed E-state index contributed by atoms with van der Waals surface area (Å²) in [6.45, 7) is 3.81. The molecule has 2 aromatic rings. The van der Waals surface area contributed by atoms with Gasteiger partial charge in [0.1, 0.15) is 6.54 Å². The molecule has 2 N–H and O–H groups in total. The van der Waals surface area contributed by atoms with E-state index in [1.165, 1.54) is 4.57 Å². The number of H-pyrrole nitrogens is 1. The van der Waals surface area contributed by atoms with Crippen molar-refractivity contribution in [1.82, 2.24) is 14.8 Å². The van der Waals surface area contributed by atoms with Gasteiger partial charge in [-0.15, -0.1) is 0 Å². The lowest BCUT2D eigenvalue weighted by Gasteiger charge is -2.03. The lowest BCUT2D eigenvalue weighted by Crippen LogP contribution is -2.25. The fourth-order valence-corrected chi connectivity index (χ4v) is 2.26. The van der Waals surface area contributed by atoms with E-state index in [9.17, 15) is 9.59 Å². The van der Waals surface area contributed by atoms with Gasteiger partial charge in [0.2, 0.25) is 5.91 Å². The highest BCUT2D eigenvalue weighted by molar-refractivity contribution is 7.07. The van der Waals surface area contributed by atoms with Crippen molar-refractivity contribution in [3.05, 3.63) is 32.5 Å². The van der Waals surface area contributed by atoms with E-state index in [1.807, 2.05) is 6.92 Å². The first-order valence-corrected chi connectivity index (χ1v) is 6.47. The number of anilines is 1. The lowest BCUT2D eigenvalue weighted by atomic mass is 10.3. The van der Waals surface area contributed by atoms with E-state index in [1.54, 1.807) is 18.4 Å². The first-order valence-electron chi connectivity index (χ1n) is 5.59. The number of carbonyl (C=O) groups excluding carboxylic acids is 1. The summed E-state index contributed by atoms with van der Waals surface area (Å²) < 4.78 is 1.44.